The summed E-state index contributed by atoms with van der Waals surface area (Å²) in [7, 11) is 1.65. The first-order valence-electron chi connectivity index (χ1n) is 20.6. The van der Waals surface area contributed by atoms with Crippen molar-refractivity contribution in [2.24, 2.45) is 5.92 Å². The molecular weight excluding hydrogens is 780 g/mol. The zero-order valence-electron chi connectivity index (χ0n) is 36.2. The van der Waals surface area contributed by atoms with Gasteiger partial charge in [-0.3, -0.25) is 9.78 Å². The van der Waals surface area contributed by atoms with E-state index in [0.717, 1.165) is 33.9 Å². The molecule has 3 heterocycles. The minimum atomic E-state index is -1.65. The van der Waals surface area contributed by atoms with Crippen LogP contribution in [0.25, 0.3) is 11.0 Å². The molecule has 0 bridgehead atoms. The lowest BCUT2D eigenvalue weighted by Gasteiger charge is -2.39. The van der Waals surface area contributed by atoms with Gasteiger partial charge in [0.1, 0.15) is 29.4 Å². The van der Waals surface area contributed by atoms with E-state index in [-0.39, 0.29) is 37.3 Å². The molecule has 4 atom stereocenters. The fraction of sp³-hybridized carbons (Fsp3) is 0.457. The molecule has 1 saturated heterocycles. The van der Waals surface area contributed by atoms with E-state index in [0.29, 0.717) is 35.9 Å². The van der Waals surface area contributed by atoms with Gasteiger partial charge in [0.15, 0.2) is 5.65 Å². The summed E-state index contributed by atoms with van der Waals surface area (Å²) in [4.78, 5) is 21.2. The van der Waals surface area contributed by atoms with Crippen LogP contribution in [-0.2, 0) is 24.1 Å². The number of H-pyrrole nitrogens is 1. The normalized spacial score (nSPS) is 17.5. The number of ether oxygens (including phenoxy) is 4. The molecule has 2 N–H and O–H groups in total. The van der Waals surface area contributed by atoms with Gasteiger partial charge in [-0.25, -0.2) is 4.67 Å². The van der Waals surface area contributed by atoms with Crippen molar-refractivity contribution < 1.29 is 28.0 Å². The molecule has 0 aliphatic carbocycles. The number of hydrogen-bond acceptors (Lipinski definition) is 11. The van der Waals surface area contributed by atoms with Gasteiger partial charge in [0.2, 0.25) is 5.95 Å². The van der Waals surface area contributed by atoms with E-state index in [9.17, 15) is 10.1 Å². The topological polar surface area (TPSA) is 145 Å². The van der Waals surface area contributed by atoms with Crippen LogP contribution in [0.3, 0.4) is 0 Å². The Hall–Kier alpha value is -4.80. The van der Waals surface area contributed by atoms with Crippen LogP contribution in [0, 0.1) is 24.2 Å². The smallest absolute Gasteiger partial charge is 0.261 e. The summed E-state index contributed by atoms with van der Waals surface area (Å²) in [5.74, 6) is 2.19. The quantitative estimate of drug-likeness (QED) is 0.0440. The van der Waals surface area contributed by atoms with Crippen molar-refractivity contribution in [1.82, 2.24) is 19.2 Å². The van der Waals surface area contributed by atoms with Crippen LogP contribution in [0.1, 0.15) is 83.0 Å². The average Bonchev–Trinajstić information content (AvgIpc) is 3.79. The largest absolute Gasteiger partial charge is 0.497 e. The molecule has 320 valence electrons. The van der Waals surface area contributed by atoms with E-state index in [1.807, 2.05) is 84.3 Å². The van der Waals surface area contributed by atoms with Crippen LogP contribution in [0.2, 0.25) is 0 Å². The molecule has 14 heteroatoms. The van der Waals surface area contributed by atoms with Crippen LogP contribution in [-0.4, -0.2) is 77.5 Å². The highest BCUT2D eigenvalue weighted by Crippen LogP contribution is 2.51. The fourth-order valence-corrected chi connectivity index (χ4v) is 9.55. The molecule has 0 amide bonds. The molecule has 0 radical (unpaired) electrons. The number of nitrogens with zero attached hydrogens (tertiary/aromatic N) is 4. The minimum absolute atomic E-state index is 0.0882. The van der Waals surface area contributed by atoms with Gasteiger partial charge in [0, 0.05) is 30.7 Å². The van der Waals surface area contributed by atoms with Crippen molar-refractivity contribution in [2.75, 3.05) is 39.3 Å². The third kappa shape index (κ3) is 9.87. The molecule has 60 heavy (non-hydrogen) atoms. The number of aromatic amines is 1. The lowest BCUT2D eigenvalue weighted by atomic mass is 9.80. The first-order chi connectivity index (χ1) is 28.9. The molecular formula is C46H59N6O7P. The molecule has 5 aromatic rings. The molecule has 13 nitrogen and oxygen atoms in total. The van der Waals surface area contributed by atoms with Crippen LogP contribution in [0.15, 0.2) is 89.7 Å². The Morgan fingerprint density at radius 3 is 2.10 bits per heavy atom. The fourth-order valence-electron chi connectivity index (χ4n) is 7.79. The number of methoxy groups -OCH3 is 2. The van der Waals surface area contributed by atoms with Crippen LogP contribution < -0.4 is 20.3 Å². The summed E-state index contributed by atoms with van der Waals surface area (Å²) in [6.45, 7) is 15.6. The summed E-state index contributed by atoms with van der Waals surface area (Å²) in [5, 5.41) is 13.2. The predicted octanol–water partition coefficient (Wildman–Crippen LogP) is 9.08. The number of nitriles is 1. The van der Waals surface area contributed by atoms with E-state index in [1.54, 1.807) is 14.2 Å². The van der Waals surface area contributed by atoms with Gasteiger partial charge in [-0.2, -0.15) is 10.2 Å². The zero-order valence-corrected chi connectivity index (χ0v) is 37.1. The summed E-state index contributed by atoms with van der Waals surface area (Å²) in [5.41, 5.74) is 2.68. The van der Waals surface area contributed by atoms with Gasteiger partial charge in [-0.15, -0.1) is 0 Å². The molecule has 2 aromatic heterocycles. The number of benzene rings is 3. The molecule has 1 fully saturated rings. The summed E-state index contributed by atoms with van der Waals surface area (Å²) in [6, 6.07) is 30.2. The van der Waals surface area contributed by atoms with E-state index in [1.165, 1.54) is 0 Å². The standard InChI is InChI=1S/C46H59N6O7P/c1-30(2)28-48-45-49-43-39(44(53)50-45)26-33(7)51(43)42-27-40(59-60(57-25-13-24-47)52(31(3)4)32(5)6)41(58-42)29-56-46(34-14-11-10-12-15-34,35-16-20-37(54-8)21-17-35)36-18-22-38(55-9)23-19-36/h10-12,14-23,26,30-32,40-42H,13,25,27-29H2,1-9H3,(H2,48,49,50,53)/t40-,41+,42+,60?/m0/s1. The van der Waals surface area contributed by atoms with Gasteiger partial charge in [-0.05, 0) is 87.6 Å². The summed E-state index contributed by atoms with van der Waals surface area (Å²) in [6.07, 6.45) is -1.06. The first-order valence-corrected chi connectivity index (χ1v) is 21.8. The minimum Gasteiger partial charge on any atom is -0.497 e. The molecule has 1 aliphatic rings. The van der Waals surface area contributed by atoms with Gasteiger partial charge >= 0.3 is 0 Å². The highest BCUT2D eigenvalue weighted by Gasteiger charge is 2.45. The number of anilines is 1. The maximum absolute atomic E-state index is 13.4. The maximum Gasteiger partial charge on any atom is 0.261 e. The van der Waals surface area contributed by atoms with Crippen LogP contribution in [0.4, 0.5) is 5.95 Å². The predicted molar refractivity (Wildman–Crippen MR) is 235 cm³/mol. The van der Waals surface area contributed by atoms with E-state index < -0.39 is 32.6 Å². The molecule has 0 saturated carbocycles. The summed E-state index contributed by atoms with van der Waals surface area (Å²) >= 11 is 0. The van der Waals surface area contributed by atoms with Crippen molar-refractivity contribution in [3.05, 3.63) is 118 Å². The van der Waals surface area contributed by atoms with Crippen molar-refractivity contribution in [2.45, 2.75) is 97.4 Å². The Morgan fingerprint density at radius 2 is 1.55 bits per heavy atom. The second kappa shape index (κ2) is 20.2. The van der Waals surface area contributed by atoms with Crippen molar-refractivity contribution in [3.8, 4) is 17.6 Å². The first kappa shape index (κ1) is 44.7. The third-order valence-corrected chi connectivity index (χ3v) is 12.7. The SMILES string of the molecule is COc1ccc(C(OC[C@H]2O[C@@H](n3c(C)cc4c(=O)[nH]c(NCC(C)C)nc43)C[C@@H]2OP(OCCC#N)N(C(C)C)C(C)C)(c2ccccc2)c2ccc(OC)cc2)cc1. The Labute approximate surface area is 354 Å². The van der Waals surface area contributed by atoms with E-state index in [4.69, 9.17) is 33.0 Å². The van der Waals surface area contributed by atoms with Gasteiger partial charge in [-0.1, -0.05) is 68.4 Å². The van der Waals surface area contributed by atoms with Crippen LogP contribution in [0.5, 0.6) is 11.5 Å². The molecule has 3 aromatic carbocycles. The Balaban J connectivity index is 1.46. The lowest BCUT2D eigenvalue weighted by molar-refractivity contribution is -0.0913. The Morgan fingerprint density at radius 1 is 0.950 bits per heavy atom. The average molecular weight is 839 g/mol. The van der Waals surface area contributed by atoms with Crippen molar-refractivity contribution in [3.63, 3.8) is 0 Å². The molecule has 6 rings (SSSR count). The molecule has 0 spiro atoms. The van der Waals surface area contributed by atoms with E-state index >= 15 is 0 Å². The number of fused-ring (bicyclic) bond motifs is 1. The number of rotatable bonds is 20. The van der Waals surface area contributed by atoms with Crippen molar-refractivity contribution >= 4 is 25.5 Å². The van der Waals surface area contributed by atoms with Crippen molar-refractivity contribution in [1.29, 1.82) is 5.26 Å². The van der Waals surface area contributed by atoms with Gasteiger partial charge in [0.05, 0.1) is 51.4 Å². The highest BCUT2D eigenvalue weighted by atomic mass is 31.2. The zero-order chi connectivity index (χ0) is 43.0. The van der Waals surface area contributed by atoms with Crippen LogP contribution >= 0.6 is 8.53 Å². The number of aromatic nitrogens is 3. The Kier molecular flexibility index (Phi) is 15.0. The van der Waals surface area contributed by atoms with Gasteiger partial charge < -0.3 is 37.9 Å². The second-order valence-corrected chi connectivity index (χ2v) is 17.4. The Bertz CT molecular complexity index is 2180. The summed E-state index contributed by atoms with van der Waals surface area (Å²) < 4.78 is 43.3. The highest BCUT2D eigenvalue weighted by molar-refractivity contribution is 7.44. The third-order valence-electron chi connectivity index (χ3n) is 10.6. The number of aryl methyl sites for hydroxylation is 1. The van der Waals surface area contributed by atoms with E-state index in [2.05, 4.69) is 74.7 Å². The number of nitrogens with one attached hydrogen (secondary N) is 2. The monoisotopic (exact) mass is 838 g/mol. The lowest BCUT2D eigenvalue weighted by Crippen LogP contribution is -2.39. The molecule has 1 aliphatic heterocycles. The number of hydrogen-bond donors (Lipinski definition) is 2. The van der Waals surface area contributed by atoms with Gasteiger partial charge in [0.25, 0.3) is 14.1 Å². The molecule has 1 unspecified atom stereocenters. The maximum atomic E-state index is 13.4. The second-order valence-electron chi connectivity index (χ2n) is 16.0.